The molecule has 1 aliphatic carbocycles. The van der Waals surface area contributed by atoms with Crippen LogP contribution in [0, 0.1) is 13.8 Å². The maximum absolute atomic E-state index is 12.6. The van der Waals surface area contributed by atoms with Gasteiger partial charge in [-0.1, -0.05) is 17.7 Å². The van der Waals surface area contributed by atoms with Crippen molar-refractivity contribution in [1.82, 2.24) is 14.8 Å². The molecule has 1 amide bonds. The van der Waals surface area contributed by atoms with E-state index in [1.807, 2.05) is 50.0 Å². The van der Waals surface area contributed by atoms with E-state index < -0.39 is 6.10 Å². The third-order valence-electron chi connectivity index (χ3n) is 4.84. The fourth-order valence-corrected chi connectivity index (χ4v) is 4.34. The number of hydrogen-bond donors (Lipinski definition) is 1. The van der Waals surface area contributed by atoms with Crippen molar-refractivity contribution in [2.24, 2.45) is 7.05 Å². The Labute approximate surface area is 162 Å². The highest BCUT2D eigenvalue weighted by Crippen LogP contribution is 2.37. The van der Waals surface area contributed by atoms with Gasteiger partial charge < -0.3 is 4.74 Å². The molecule has 1 N–H and O–H groups in total. The predicted molar refractivity (Wildman–Crippen MR) is 106 cm³/mol. The molecular weight excluding hydrogens is 360 g/mol. The normalized spacial score (nSPS) is 13.6. The Morgan fingerprint density at radius 2 is 2.15 bits per heavy atom. The Morgan fingerprint density at radius 1 is 1.33 bits per heavy atom. The number of amides is 1. The summed E-state index contributed by atoms with van der Waals surface area (Å²) in [5.41, 5.74) is 5.38. The van der Waals surface area contributed by atoms with E-state index in [0.29, 0.717) is 5.13 Å². The SMILES string of the molecule is Cc1ccc(OC(C)C(=O)Nc2nc3c(s2)CCc2c-3cnn2C)c(C)c1. The van der Waals surface area contributed by atoms with Crippen molar-refractivity contribution in [3.8, 4) is 17.0 Å². The fourth-order valence-electron chi connectivity index (χ4n) is 3.36. The zero-order chi connectivity index (χ0) is 19.1. The summed E-state index contributed by atoms with van der Waals surface area (Å²) >= 11 is 1.53. The summed E-state index contributed by atoms with van der Waals surface area (Å²) in [6, 6.07) is 5.92. The van der Waals surface area contributed by atoms with Gasteiger partial charge in [-0.3, -0.25) is 14.8 Å². The van der Waals surface area contributed by atoms with Gasteiger partial charge in [-0.25, -0.2) is 4.98 Å². The summed E-state index contributed by atoms with van der Waals surface area (Å²) in [5, 5.41) is 7.84. The predicted octanol–water partition coefficient (Wildman–Crippen LogP) is 3.67. The Kier molecular flexibility index (Phi) is 4.47. The number of aryl methyl sites for hydroxylation is 4. The van der Waals surface area contributed by atoms with Gasteiger partial charge in [-0.2, -0.15) is 5.10 Å². The molecule has 0 aliphatic heterocycles. The summed E-state index contributed by atoms with van der Waals surface area (Å²) in [6.07, 6.45) is 3.11. The summed E-state index contributed by atoms with van der Waals surface area (Å²) in [7, 11) is 1.95. The Bertz CT molecular complexity index is 1020. The van der Waals surface area contributed by atoms with Crippen LogP contribution in [-0.4, -0.2) is 26.8 Å². The smallest absolute Gasteiger partial charge is 0.266 e. The number of fused-ring (bicyclic) bond motifs is 3. The first-order chi connectivity index (χ1) is 12.9. The molecule has 0 saturated carbocycles. The van der Waals surface area contributed by atoms with Crippen LogP contribution < -0.4 is 10.1 Å². The van der Waals surface area contributed by atoms with Gasteiger partial charge in [-0.15, -0.1) is 11.3 Å². The van der Waals surface area contributed by atoms with E-state index in [1.165, 1.54) is 27.5 Å². The summed E-state index contributed by atoms with van der Waals surface area (Å²) < 4.78 is 7.75. The van der Waals surface area contributed by atoms with Crippen LogP contribution in [-0.2, 0) is 24.7 Å². The van der Waals surface area contributed by atoms with Crippen molar-refractivity contribution in [2.75, 3.05) is 5.32 Å². The number of aromatic nitrogens is 3. The maximum Gasteiger partial charge on any atom is 0.266 e. The fraction of sp³-hybridized carbons (Fsp3) is 0.350. The molecule has 140 valence electrons. The van der Waals surface area contributed by atoms with Crippen LogP contribution in [0.2, 0.25) is 0 Å². The Hall–Kier alpha value is -2.67. The molecule has 1 aromatic carbocycles. The molecule has 0 fully saturated rings. The molecule has 0 radical (unpaired) electrons. The lowest BCUT2D eigenvalue weighted by Crippen LogP contribution is -2.30. The van der Waals surface area contributed by atoms with Gasteiger partial charge in [-0.05, 0) is 45.2 Å². The lowest BCUT2D eigenvalue weighted by atomic mass is 10.0. The third kappa shape index (κ3) is 3.35. The zero-order valence-corrected chi connectivity index (χ0v) is 16.7. The first kappa shape index (κ1) is 17.7. The second-order valence-corrected chi connectivity index (χ2v) is 8.02. The minimum atomic E-state index is -0.610. The largest absolute Gasteiger partial charge is 0.481 e. The lowest BCUT2D eigenvalue weighted by Gasteiger charge is -2.15. The van der Waals surface area contributed by atoms with Gasteiger partial charge in [0.25, 0.3) is 5.91 Å². The molecule has 1 aliphatic rings. The van der Waals surface area contributed by atoms with Crippen LogP contribution in [0.15, 0.2) is 24.4 Å². The van der Waals surface area contributed by atoms with E-state index in [1.54, 1.807) is 6.92 Å². The molecule has 4 rings (SSSR count). The quantitative estimate of drug-likeness (QED) is 0.748. The molecule has 1 atom stereocenters. The Morgan fingerprint density at radius 3 is 2.93 bits per heavy atom. The standard InChI is InChI=1S/C20H22N4O2S/c1-11-5-7-16(12(2)9-11)26-13(3)19(25)23-20-22-18-14-10-21-24(4)15(14)6-8-17(18)27-20/h5,7,9-10,13H,6,8H2,1-4H3,(H,22,23,25). The van der Waals surface area contributed by atoms with Crippen molar-refractivity contribution in [2.45, 2.75) is 39.7 Å². The lowest BCUT2D eigenvalue weighted by molar-refractivity contribution is -0.122. The van der Waals surface area contributed by atoms with Gasteiger partial charge in [0.1, 0.15) is 5.75 Å². The van der Waals surface area contributed by atoms with Crippen molar-refractivity contribution in [1.29, 1.82) is 0 Å². The number of nitrogens with one attached hydrogen (secondary N) is 1. The first-order valence-electron chi connectivity index (χ1n) is 8.98. The number of carbonyl (C=O) groups is 1. The molecule has 0 spiro atoms. The van der Waals surface area contributed by atoms with Gasteiger partial charge >= 0.3 is 0 Å². The number of benzene rings is 1. The van der Waals surface area contributed by atoms with Crippen LogP contribution in [0.1, 0.15) is 28.6 Å². The van der Waals surface area contributed by atoms with E-state index >= 15 is 0 Å². The maximum atomic E-state index is 12.6. The molecule has 2 heterocycles. The Balaban J connectivity index is 1.48. The van der Waals surface area contributed by atoms with Crippen LogP contribution in [0.25, 0.3) is 11.3 Å². The highest BCUT2D eigenvalue weighted by atomic mass is 32.1. The number of ether oxygens (including phenoxy) is 1. The minimum absolute atomic E-state index is 0.201. The molecule has 6 nitrogen and oxygen atoms in total. The third-order valence-corrected chi connectivity index (χ3v) is 5.87. The topological polar surface area (TPSA) is 69.0 Å². The van der Waals surface area contributed by atoms with E-state index in [-0.39, 0.29) is 5.91 Å². The van der Waals surface area contributed by atoms with Crippen LogP contribution in [0.4, 0.5) is 5.13 Å². The molecule has 0 bridgehead atoms. The number of thiazole rings is 1. The minimum Gasteiger partial charge on any atom is -0.481 e. The van der Waals surface area contributed by atoms with Gasteiger partial charge in [0.2, 0.25) is 0 Å². The van der Waals surface area contributed by atoms with Gasteiger partial charge in [0.05, 0.1) is 11.9 Å². The second-order valence-electron chi connectivity index (χ2n) is 6.94. The number of nitrogens with zero attached hydrogens (tertiary/aromatic N) is 3. The van der Waals surface area contributed by atoms with Crippen molar-refractivity contribution < 1.29 is 9.53 Å². The molecular formula is C20H22N4O2S. The van der Waals surface area contributed by atoms with Crippen LogP contribution in [0.3, 0.4) is 0 Å². The molecule has 2 aromatic heterocycles. The van der Waals surface area contributed by atoms with Crippen LogP contribution in [0.5, 0.6) is 5.75 Å². The molecule has 0 saturated heterocycles. The van der Waals surface area contributed by atoms with Crippen molar-refractivity contribution in [3.05, 3.63) is 46.1 Å². The average molecular weight is 382 g/mol. The first-order valence-corrected chi connectivity index (χ1v) is 9.79. The number of hydrogen-bond acceptors (Lipinski definition) is 5. The highest BCUT2D eigenvalue weighted by Gasteiger charge is 2.25. The van der Waals surface area contributed by atoms with E-state index in [2.05, 4.69) is 15.4 Å². The molecule has 27 heavy (non-hydrogen) atoms. The summed E-state index contributed by atoms with van der Waals surface area (Å²) in [6.45, 7) is 5.76. The van der Waals surface area contributed by atoms with Crippen molar-refractivity contribution in [3.63, 3.8) is 0 Å². The molecule has 1 unspecified atom stereocenters. The average Bonchev–Trinajstić information content (AvgIpc) is 3.20. The molecule has 3 aromatic rings. The molecule has 7 heteroatoms. The van der Waals surface area contributed by atoms with Gasteiger partial charge in [0.15, 0.2) is 11.2 Å². The van der Waals surface area contributed by atoms with Gasteiger partial charge in [0, 0.05) is 23.2 Å². The summed E-state index contributed by atoms with van der Waals surface area (Å²) in [4.78, 5) is 18.4. The van der Waals surface area contributed by atoms with Crippen LogP contribution >= 0.6 is 11.3 Å². The zero-order valence-electron chi connectivity index (χ0n) is 15.9. The number of carbonyl (C=O) groups excluding carboxylic acids is 1. The van der Waals surface area contributed by atoms with Crippen molar-refractivity contribution >= 4 is 22.4 Å². The van der Waals surface area contributed by atoms with E-state index in [9.17, 15) is 4.79 Å². The highest BCUT2D eigenvalue weighted by molar-refractivity contribution is 7.16. The number of rotatable bonds is 4. The van der Waals surface area contributed by atoms with E-state index in [0.717, 1.165) is 35.4 Å². The summed E-state index contributed by atoms with van der Waals surface area (Å²) in [5.74, 6) is 0.522. The number of anilines is 1. The second kappa shape index (κ2) is 6.81. The van der Waals surface area contributed by atoms with E-state index in [4.69, 9.17) is 4.74 Å². The monoisotopic (exact) mass is 382 g/mol.